The third-order valence-electron chi connectivity index (χ3n) is 3.17. The van der Waals surface area contributed by atoms with E-state index in [0.717, 1.165) is 34.5 Å². The lowest BCUT2D eigenvalue weighted by atomic mass is 10.1. The summed E-state index contributed by atoms with van der Waals surface area (Å²) in [6.07, 6.45) is 0. The van der Waals surface area contributed by atoms with Crippen molar-refractivity contribution in [3.8, 4) is 11.4 Å². The summed E-state index contributed by atoms with van der Waals surface area (Å²) in [4.78, 5) is 5.57. The van der Waals surface area contributed by atoms with E-state index in [-0.39, 0.29) is 0 Å². The van der Waals surface area contributed by atoms with Crippen LogP contribution in [0.2, 0.25) is 5.02 Å². The molecular formula is C15H15ClN4S. The van der Waals surface area contributed by atoms with Crippen LogP contribution in [-0.4, -0.2) is 15.2 Å². The lowest BCUT2D eigenvalue weighted by Gasteiger charge is -2.09. The monoisotopic (exact) mass is 318 g/mol. The molecule has 0 saturated carbocycles. The van der Waals surface area contributed by atoms with Crippen LogP contribution in [0.4, 0.5) is 5.69 Å². The average Bonchev–Trinajstić information content (AvgIpc) is 3.07. The van der Waals surface area contributed by atoms with Crippen LogP contribution < -0.4 is 5.32 Å². The van der Waals surface area contributed by atoms with E-state index in [9.17, 15) is 0 Å². The summed E-state index contributed by atoms with van der Waals surface area (Å²) in [6, 6.07) is 8.17. The van der Waals surface area contributed by atoms with Gasteiger partial charge in [0.2, 0.25) is 0 Å². The number of benzene rings is 1. The van der Waals surface area contributed by atoms with Crippen molar-refractivity contribution in [2.75, 3.05) is 5.32 Å². The Labute approximate surface area is 132 Å². The maximum Gasteiger partial charge on any atom is 0.181 e. The zero-order chi connectivity index (χ0) is 14.8. The average molecular weight is 319 g/mol. The van der Waals surface area contributed by atoms with Gasteiger partial charge in [-0.3, -0.25) is 5.10 Å². The molecule has 3 aromatic rings. The molecular weight excluding hydrogens is 304 g/mol. The van der Waals surface area contributed by atoms with Gasteiger partial charge < -0.3 is 5.32 Å². The number of aromatic nitrogens is 3. The Hall–Kier alpha value is -1.85. The number of nitrogens with zero attached hydrogens (tertiary/aromatic N) is 2. The molecule has 0 aliphatic heterocycles. The zero-order valence-corrected chi connectivity index (χ0v) is 13.3. The van der Waals surface area contributed by atoms with Crippen molar-refractivity contribution >= 4 is 28.6 Å². The molecule has 21 heavy (non-hydrogen) atoms. The van der Waals surface area contributed by atoms with E-state index < -0.39 is 0 Å². The number of halogens is 1. The standard InChI is InChI=1S/C15H15ClN4S/c1-9-3-4-11(15-18-10(2)19-20-15)5-14(9)17-7-13-6-12(16)8-21-13/h3-6,8,17H,7H2,1-2H3,(H,18,19,20). The second-order valence-corrected chi connectivity index (χ2v) is 6.29. The van der Waals surface area contributed by atoms with Gasteiger partial charge >= 0.3 is 0 Å². The number of aryl methyl sites for hydroxylation is 2. The smallest absolute Gasteiger partial charge is 0.181 e. The van der Waals surface area contributed by atoms with E-state index >= 15 is 0 Å². The number of anilines is 1. The molecule has 2 heterocycles. The first kappa shape index (κ1) is 14.1. The van der Waals surface area contributed by atoms with Crippen LogP contribution in [0.1, 0.15) is 16.3 Å². The maximum absolute atomic E-state index is 5.94. The van der Waals surface area contributed by atoms with Crippen LogP contribution in [-0.2, 0) is 6.54 Å². The Morgan fingerprint density at radius 2 is 2.14 bits per heavy atom. The van der Waals surface area contributed by atoms with Crippen molar-refractivity contribution in [3.05, 3.63) is 50.9 Å². The van der Waals surface area contributed by atoms with E-state index in [2.05, 4.69) is 39.6 Å². The quantitative estimate of drug-likeness (QED) is 0.749. The van der Waals surface area contributed by atoms with E-state index in [1.54, 1.807) is 11.3 Å². The SMILES string of the molecule is Cc1nc(-c2ccc(C)c(NCc3cc(Cl)cs3)c2)n[nH]1. The lowest BCUT2D eigenvalue weighted by Crippen LogP contribution is -1.99. The van der Waals surface area contributed by atoms with Crippen molar-refractivity contribution < 1.29 is 0 Å². The molecule has 3 rings (SSSR count). The Balaban J connectivity index is 1.81. The highest BCUT2D eigenvalue weighted by Crippen LogP contribution is 2.25. The molecule has 0 radical (unpaired) electrons. The van der Waals surface area contributed by atoms with Gasteiger partial charge in [0.05, 0.1) is 5.02 Å². The van der Waals surface area contributed by atoms with Gasteiger partial charge in [-0.15, -0.1) is 11.3 Å². The summed E-state index contributed by atoms with van der Waals surface area (Å²) >= 11 is 7.60. The number of rotatable bonds is 4. The van der Waals surface area contributed by atoms with E-state index in [0.29, 0.717) is 0 Å². The first-order valence-electron chi connectivity index (χ1n) is 6.58. The summed E-state index contributed by atoms with van der Waals surface area (Å²) in [7, 11) is 0. The van der Waals surface area contributed by atoms with Crippen LogP contribution in [0.3, 0.4) is 0 Å². The predicted octanol–water partition coefficient (Wildman–Crippen LogP) is 4.42. The van der Waals surface area contributed by atoms with E-state index in [4.69, 9.17) is 11.6 Å². The molecule has 0 fully saturated rings. The van der Waals surface area contributed by atoms with Crippen molar-refractivity contribution in [2.24, 2.45) is 0 Å². The molecule has 1 aromatic carbocycles. The fourth-order valence-electron chi connectivity index (χ4n) is 2.05. The molecule has 0 spiro atoms. The van der Waals surface area contributed by atoms with Crippen molar-refractivity contribution in [1.82, 2.24) is 15.2 Å². The van der Waals surface area contributed by atoms with Crippen LogP contribution in [0.25, 0.3) is 11.4 Å². The third kappa shape index (κ3) is 3.25. The van der Waals surface area contributed by atoms with Crippen LogP contribution in [0.15, 0.2) is 29.6 Å². The minimum atomic E-state index is 0.717. The fourth-order valence-corrected chi connectivity index (χ4v) is 3.06. The third-order valence-corrected chi connectivity index (χ3v) is 4.45. The minimum Gasteiger partial charge on any atom is -0.380 e. The van der Waals surface area contributed by atoms with Crippen molar-refractivity contribution in [2.45, 2.75) is 20.4 Å². The maximum atomic E-state index is 5.94. The van der Waals surface area contributed by atoms with Crippen molar-refractivity contribution in [3.63, 3.8) is 0 Å². The first-order valence-corrected chi connectivity index (χ1v) is 7.84. The highest BCUT2D eigenvalue weighted by Gasteiger charge is 2.07. The van der Waals surface area contributed by atoms with Gasteiger partial charge in [0, 0.05) is 28.1 Å². The predicted molar refractivity (Wildman–Crippen MR) is 87.9 cm³/mol. The summed E-state index contributed by atoms with van der Waals surface area (Å²) in [6.45, 7) is 4.73. The van der Waals surface area contributed by atoms with Crippen LogP contribution in [0.5, 0.6) is 0 Å². The Morgan fingerprint density at radius 3 is 2.81 bits per heavy atom. The number of hydrogen-bond acceptors (Lipinski definition) is 4. The Morgan fingerprint density at radius 1 is 1.29 bits per heavy atom. The van der Waals surface area contributed by atoms with E-state index in [1.165, 1.54) is 10.4 Å². The van der Waals surface area contributed by atoms with Crippen LogP contribution >= 0.6 is 22.9 Å². The second-order valence-electron chi connectivity index (χ2n) is 4.86. The summed E-state index contributed by atoms with van der Waals surface area (Å²) in [5.74, 6) is 1.53. The molecule has 2 N–H and O–H groups in total. The van der Waals surface area contributed by atoms with Gasteiger partial charge in [-0.25, -0.2) is 4.98 Å². The Bertz CT molecular complexity index is 763. The highest BCUT2D eigenvalue weighted by atomic mass is 35.5. The normalized spacial score (nSPS) is 10.8. The molecule has 108 valence electrons. The largest absolute Gasteiger partial charge is 0.380 e. The van der Waals surface area contributed by atoms with Gasteiger partial charge in [-0.05, 0) is 31.5 Å². The van der Waals surface area contributed by atoms with Gasteiger partial charge in [-0.2, -0.15) is 5.10 Å². The summed E-state index contributed by atoms with van der Waals surface area (Å²) in [5.41, 5.74) is 3.27. The van der Waals surface area contributed by atoms with Crippen molar-refractivity contribution in [1.29, 1.82) is 0 Å². The minimum absolute atomic E-state index is 0.717. The molecule has 0 unspecified atom stereocenters. The second kappa shape index (κ2) is 5.87. The molecule has 0 amide bonds. The summed E-state index contributed by atoms with van der Waals surface area (Å²) < 4.78 is 0. The van der Waals surface area contributed by atoms with Gasteiger partial charge in [0.15, 0.2) is 5.82 Å². The molecule has 6 heteroatoms. The lowest BCUT2D eigenvalue weighted by molar-refractivity contribution is 1.04. The molecule has 2 aromatic heterocycles. The number of H-pyrrole nitrogens is 1. The number of aromatic amines is 1. The van der Waals surface area contributed by atoms with Gasteiger partial charge in [0.1, 0.15) is 5.82 Å². The molecule has 4 nitrogen and oxygen atoms in total. The molecule has 0 saturated heterocycles. The molecule has 0 aliphatic rings. The Kier molecular flexibility index (Phi) is 3.94. The number of hydrogen-bond donors (Lipinski definition) is 2. The van der Waals surface area contributed by atoms with E-state index in [1.807, 2.05) is 24.4 Å². The van der Waals surface area contributed by atoms with Gasteiger partial charge in [-0.1, -0.05) is 23.7 Å². The molecule has 0 atom stereocenters. The van der Waals surface area contributed by atoms with Crippen LogP contribution in [0, 0.1) is 13.8 Å². The molecule has 0 bridgehead atoms. The molecule has 0 aliphatic carbocycles. The zero-order valence-electron chi connectivity index (χ0n) is 11.8. The number of thiophene rings is 1. The highest BCUT2D eigenvalue weighted by molar-refractivity contribution is 7.10. The summed E-state index contributed by atoms with van der Waals surface area (Å²) in [5, 5.41) is 13.2. The topological polar surface area (TPSA) is 53.6 Å². The fraction of sp³-hybridized carbons (Fsp3) is 0.200. The number of nitrogens with one attached hydrogen (secondary N) is 2. The first-order chi connectivity index (χ1) is 10.1. The van der Waals surface area contributed by atoms with Gasteiger partial charge in [0.25, 0.3) is 0 Å².